The molecule has 3 aromatic heterocycles. The molecule has 314 valence electrons. The molecule has 0 radical (unpaired) electrons. The van der Waals surface area contributed by atoms with Gasteiger partial charge in [0.1, 0.15) is 41.4 Å². The van der Waals surface area contributed by atoms with Gasteiger partial charge in [-0.25, -0.2) is 9.79 Å². The first-order chi connectivity index (χ1) is 30.2. The number of fused-ring (bicyclic) bond motifs is 2. The highest BCUT2D eigenvalue weighted by atomic mass is 79.9. The zero-order valence-electron chi connectivity index (χ0n) is 32.5. The minimum atomic E-state index is -0.993. The summed E-state index contributed by atoms with van der Waals surface area (Å²) in [5, 5.41) is 29.1. The lowest BCUT2D eigenvalue weighted by molar-refractivity contribution is -0.144. The number of aromatic nitrogens is 4. The molecule has 0 aliphatic carbocycles. The number of aromatic amines is 1. The molecule has 0 saturated heterocycles. The van der Waals surface area contributed by atoms with Crippen molar-refractivity contribution in [1.82, 2.24) is 25.3 Å². The molecule has 4 heterocycles. The summed E-state index contributed by atoms with van der Waals surface area (Å²) < 4.78 is 8.22. The Morgan fingerprint density at radius 2 is 1.84 bits per heavy atom. The Morgan fingerprint density at radius 3 is 2.63 bits per heavy atom. The summed E-state index contributed by atoms with van der Waals surface area (Å²) in [7, 11) is 0. The predicted molar refractivity (Wildman–Crippen MR) is 242 cm³/mol. The van der Waals surface area contributed by atoms with Gasteiger partial charge < -0.3 is 25.0 Å². The first kappa shape index (κ1) is 42.4. The van der Waals surface area contributed by atoms with Crippen molar-refractivity contribution in [2.24, 2.45) is 10.1 Å². The number of carbonyl (C=O) groups is 3. The number of carbonyl (C=O) groups excluding carboxylic acids is 3. The average Bonchev–Trinajstić information content (AvgIpc) is 4.10. The van der Waals surface area contributed by atoms with E-state index >= 15 is 0 Å². The van der Waals surface area contributed by atoms with Crippen LogP contribution >= 0.6 is 50.5 Å². The normalized spacial score (nSPS) is 13.1. The van der Waals surface area contributed by atoms with E-state index < -0.39 is 17.9 Å². The summed E-state index contributed by atoms with van der Waals surface area (Å²) in [6.07, 6.45) is 2.16. The van der Waals surface area contributed by atoms with Gasteiger partial charge in [0.25, 0.3) is 0 Å². The molecular formula is C44H35BrCl2N8O6S. The fourth-order valence-corrected chi connectivity index (χ4v) is 8.43. The topological polar surface area (TPSA) is 176 Å². The van der Waals surface area contributed by atoms with E-state index in [2.05, 4.69) is 41.7 Å². The number of nitrogens with one attached hydrogen (secondary N) is 2. The minimum absolute atomic E-state index is 0.0130. The third-order valence-electron chi connectivity index (χ3n) is 9.79. The maximum Gasteiger partial charge on any atom is 0.336 e. The lowest BCUT2D eigenvalue weighted by Crippen LogP contribution is -2.44. The van der Waals surface area contributed by atoms with Crippen LogP contribution in [0.15, 0.2) is 129 Å². The Kier molecular flexibility index (Phi) is 13.1. The molecule has 18 heteroatoms. The second-order valence-electron chi connectivity index (χ2n) is 13.9. The van der Waals surface area contributed by atoms with E-state index in [0.29, 0.717) is 68.7 Å². The Balaban J connectivity index is 0.899. The number of aromatic hydroxyl groups is 1. The van der Waals surface area contributed by atoms with E-state index in [-0.39, 0.29) is 42.3 Å². The Bertz CT molecular complexity index is 2830. The number of aliphatic imine (C=N–C) groups is 1. The number of nitrogens with zero attached hydrogens (tertiary/aromatic N) is 6. The van der Waals surface area contributed by atoms with Crippen LogP contribution < -0.4 is 15.0 Å². The van der Waals surface area contributed by atoms with Gasteiger partial charge in [-0.05, 0) is 65.9 Å². The average molecular weight is 955 g/mol. The second kappa shape index (κ2) is 19.2. The summed E-state index contributed by atoms with van der Waals surface area (Å²) in [4.78, 5) is 55.2. The Hall–Kier alpha value is -6.33. The van der Waals surface area contributed by atoms with Crippen molar-refractivity contribution in [3.63, 3.8) is 0 Å². The first-order valence-electron chi connectivity index (χ1n) is 19.2. The number of amides is 2. The molecule has 1 aliphatic heterocycles. The molecule has 3 N–H and O–H groups in total. The number of hydrogen-bond donors (Lipinski definition) is 3. The molecule has 14 nitrogen and oxygen atoms in total. The van der Waals surface area contributed by atoms with Gasteiger partial charge in [0, 0.05) is 38.0 Å². The van der Waals surface area contributed by atoms with Crippen LogP contribution in [0.2, 0.25) is 5.02 Å². The Labute approximate surface area is 376 Å². The van der Waals surface area contributed by atoms with Crippen LogP contribution in [0.3, 0.4) is 0 Å². The van der Waals surface area contributed by atoms with E-state index in [1.54, 1.807) is 30.5 Å². The van der Waals surface area contributed by atoms with Crippen molar-refractivity contribution in [3.8, 4) is 11.6 Å². The van der Waals surface area contributed by atoms with E-state index in [4.69, 9.17) is 37.8 Å². The second-order valence-corrected chi connectivity index (χ2v) is 16.5. The number of halogens is 3. The largest absolute Gasteiger partial charge is 0.494 e. The van der Waals surface area contributed by atoms with Crippen LogP contribution in [0.25, 0.3) is 10.9 Å². The highest BCUT2D eigenvalue weighted by Gasteiger charge is 2.34. The number of H-pyrrole nitrogens is 1. The highest BCUT2D eigenvalue weighted by molar-refractivity contribution is 9.10. The summed E-state index contributed by atoms with van der Waals surface area (Å²) in [5.74, 6) is -1.62. The van der Waals surface area contributed by atoms with Crippen LogP contribution in [0.5, 0.6) is 11.6 Å². The maximum atomic E-state index is 13.7. The van der Waals surface area contributed by atoms with E-state index in [1.165, 1.54) is 20.9 Å². The van der Waals surface area contributed by atoms with Crippen molar-refractivity contribution in [3.05, 3.63) is 151 Å². The zero-order valence-corrected chi connectivity index (χ0v) is 36.4. The van der Waals surface area contributed by atoms with Crippen LogP contribution in [-0.4, -0.2) is 66.7 Å². The molecule has 0 bridgehead atoms. The van der Waals surface area contributed by atoms with Gasteiger partial charge in [0.05, 0.1) is 35.4 Å². The number of anilines is 1. The van der Waals surface area contributed by atoms with Gasteiger partial charge in [0.15, 0.2) is 5.88 Å². The molecule has 0 fully saturated rings. The number of ether oxygens (including phenoxy) is 1. The summed E-state index contributed by atoms with van der Waals surface area (Å²) in [6, 6.07) is 30.1. The molecular weight excluding hydrogens is 919 g/mol. The maximum absolute atomic E-state index is 13.7. The Morgan fingerprint density at radius 1 is 1.02 bits per heavy atom. The zero-order chi connectivity index (χ0) is 43.2. The van der Waals surface area contributed by atoms with E-state index in [1.807, 2.05) is 84.2 Å². The minimum Gasteiger partial charge on any atom is -0.494 e. The predicted octanol–water partition coefficient (Wildman–Crippen LogP) is 8.67. The summed E-state index contributed by atoms with van der Waals surface area (Å²) >= 11 is 17.6. The summed E-state index contributed by atoms with van der Waals surface area (Å²) in [6.45, 7) is 0.491. The molecule has 1 atom stereocenters. The van der Waals surface area contributed by atoms with E-state index in [0.717, 1.165) is 15.4 Å². The lowest BCUT2D eigenvalue weighted by atomic mass is 10.0. The molecule has 62 heavy (non-hydrogen) atoms. The highest BCUT2D eigenvalue weighted by Crippen LogP contribution is 2.38. The van der Waals surface area contributed by atoms with Gasteiger partial charge in [-0.15, -0.1) is 28.0 Å². The van der Waals surface area contributed by atoms with Gasteiger partial charge in [0.2, 0.25) is 11.8 Å². The van der Waals surface area contributed by atoms with Crippen molar-refractivity contribution < 1.29 is 29.1 Å². The molecule has 1 aliphatic rings. The lowest BCUT2D eigenvalue weighted by Gasteiger charge is -2.30. The van der Waals surface area contributed by atoms with E-state index in [9.17, 15) is 19.5 Å². The number of oxime groups is 1. The van der Waals surface area contributed by atoms with Gasteiger partial charge >= 0.3 is 5.97 Å². The van der Waals surface area contributed by atoms with Crippen LogP contribution in [0.4, 0.5) is 11.4 Å². The molecule has 8 rings (SSSR count). The molecule has 1 unspecified atom stereocenters. The fourth-order valence-electron chi connectivity index (χ4n) is 6.89. The van der Waals surface area contributed by atoms with Crippen molar-refractivity contribution in [2.75, 3.05) is 17.3 Å². The van der Waals surface area contributed by atoms with Crippen molar-refractivity contribution in [1.29, 1.82) is 0 Å². The number of benzene rings is 4. The standard InChI is InChI=1S/C44H35BrCl2N8O6S/c45-27-12-14-34-31(21-27)40(41(49-34)39-30-9-4-5-10-33(30)50-43(39)58)52-61-38(57)17-19-54-24-28(51-53-54)25-60-35-15-13-29(22-32(35)47)55(37(56)23-46)42(36-11-6-20-62-36)44(59)48-18-16-26-7-2-1-3-8-26/h1-15,20-22,24,42,50,58H,16-19,23,25H2,(H,48,59)/b52-40+. The monoisotopic (exact) mass is 952 g/mol. The van der Waals surface area contributed by atoms with Gasteiger partial charge in [-0.1, -0.05) is 92.5 Å². The van der Waals surface area contributed by atoms with Gasteiger partial charge in [-0.3, -0.25) is 19.2 Å². The number of thiophene rings is 1. The number of alkyl halides is 1. The van der Waals surface area contributed by atoms with Gasteiger partial charge in [-0.2, -0.15) is 0 Å². The fraction of sp³-hybridized carbons (Fsp3) is 0.159. The third kappa shape index (κ3) is 9.43. The smallest absolute Gasteiger partial charge is 0.336 e. The number of hydrogen-bond acceptors (Lipinski definition) is 11. The number of para-hydroxylation sites is 1. The molecule has 2 amide bonds. The molecule has 4 aromatic carbocycles. The molecule has 0 spiro atoms. The third-order valence-corrected chi connectivity index (χ3v) is 11.7. The molecule has 7 aromatic rings. The molecule has 0 saturated carbocycles. The number of rotatable bonds is 16. The SMILES string of the molecule is O=C(CCn1cc(COc2ccc(N(C(=O)CCl)C(C(=O)NCCc3ccccc3)c3cccs3)cc2Cl)nn1)O/N=C1/C(c2c(O)[nH]c3ccccc23)=Nc2ccc(Br)cc21. The van der Waals surface area contributed by atoms with Crippen LogP contribution in [0.1, 0.15) is 39.7 Å². The van der Waals surface area contributed by atoms with Crippen LogP contribution in [-0.2, 0) is 38.8 Å². The van der Waals surface area contributed by atoms with Crippen LogP contribution in [0, 0.1) is 0 Å². The first-order valence-corrected chi connectivity index (χ1v) is 21.8. The summed E-state index contributed by atoms with van der Waals surface area (Å²) in [5.41, 5.74) is 4.93. The van der Waals surface area contributed by atoms with Crippen molar-refractivity contribution in [2.45, 2.75) is 32.0 Å². The number of aryl methyl sites for hydroxylation is 1. The van der Waals surface area contributed by atoms with Crippen molar-refractivity contribution >= 4 is 102 Å². The quantitative estimate of drug-likeness (QED) is 0.0490.